The molecule has 6 heteroatoms. The molecule has 1 heterocycles. The highest BCUT2D eigenvalue weighted by Crippen LogP contribution is 2.30. The molecule has 0 aliphatic rings. The van der Waals surface area contributed by atoms with Crippen LogP contribution in [0.15, 0.2) is 22.7 Å². The Morgan fingerprint density at radius 2 is 2.21 bits per heavy atom. The fourth-order valence-corrected chi connectivity index (χ4v) is 2.95. The summed E-state index contributed by atoms with van der Waals surface area (Å²) >= 11 is 6.64. The molecule has 0 saturated carbocycles. The van der Waals surface area contributed by atoms with E-state index in [1.807, 2.05) is 22.6 Å². The van der Waals surface area contributed by atoms with Crippen LogP contribution in [0.25, 0.3) is 10.6 Å². The highest BCUT2D eigenvalue weighted by Gasteiger charge is 2.08. The molecule has 0 fully saturated rings. The molecule has 0 unspecified atom stereocenters. The van der Waals surface area contributed by atoms with Crippen LogP contribution in [0.4, 0.5) is 4.39 Å². The maximum atomic E-state index is 12.8. The molecule has 14 heavy (non-hydrogen) atoms. The van der Waals surface area contributed by atoms with Crippen molar-refractivity contribution in [2.75, 3.05) is 0 Å². The molecule has 0 radical (unpaired) electrons. The molecule has 0 aliphatic heterocycles. The summed E-state index contributed by atoms with van der Waals surface area (Å²) in [5.41, 5.74) is 0.867. The Bertz CT molecular complexity index is 474. The quantitative estimate of drug-likeness (QED) is 0.700. The molecule has 1 aromatic heterocycles. The first-order valence-corrected chi connectivity index (χ1v) is 6.26. The molecule has 72 valence electrons. The minimum Gasteiger partial charge on any atom is -0.210 e. The average Bonchev–Trinajstić information content (AvgIpc) is 2.51. The molecule has 0 aliphatic carbocycles. The lowest BCUT2D eigenvalue weighted by molar-refractivity contribution is 0.627. The van der Waals surface area contributed by atoms with Crippen molar-refractivity contribution in [3.63, 3.8) is 0 Å². The van der Waals surface area contributed by atoms with Crippen LogP contribution in [-0.2, 0) is 0 Å². The van der Waals surface area contributed by atoms with Crippen LogP contribution in [-0.4, -0.2) is 9.36 Å². The molecular formula is C8H3BrFIN2S. The second-order valence-corrected chi connectivity index (χ2v) is 5.06. The van der Waals surface area contributed by atoms with Gasteiger partial charge >= 0.3 is 0 Å². The van der Waals surface area contributed by atoms with Crippen LogP contribution >= 0.6 is 50.1 Å². The summed E-state index contributed by atoms with van der Waals surface area (Å²) in [6.07, 6.45) is 0. The third-order valence-corrected chi connectivity index (χ3v) is 3.78. The van der Waals surface area contributed by atoms with Crippen LogP contribution in [0.2, 0.25) is 0 Å². The molecule has 1 aromatic carbocycles. The average molecular weight is 385 g/mol. The van der Waals surface area contributed by atoms with Gasteiger partial charge < -0.3 is 0 Å². The molecule has 0 atom stereocenters. The number of aromatic nitrogens is 2. The Balaban J connectivity index is 2.52. The zero-order valence-electron chi connectivity index (χ0n) is 6.67. The maximum absolute atomic E-state index is 12.8. The Morgan fingerprint density at radius 3 is 2.79 bits per heavy atom. The van der Waals surface area contributed by atoms with E-state index in [1.165, 1.54) is 23.7 Å². The molecule has 0 saturated heterocycles. The standard InChI is InChI=1S/C8H3BrFIN2S/c9-6-3-4(10)1-2-5(6)7-12-8(11)13-14-7/h1-3H. The molecule has 2 aromatic rings. The SMILES string of the molecule is Fc1ccc(-c2nc(I)ns2)c(Br)c1. The van der Waals surface area contributed by atoms with Crippen molar-refractivity contribution in [2.24, 2.45) is 0 Å². The molecule has 0 amide bonds. The van der Waals surface area contributed by atoms with E-state index in [9.17, 15) is 4.39 Å². The molecule has 0 bridgehead atoms. The third kappa shape index (κ3) is 2.12. The summed E-state index contributed by atoms with van der Waals surface area (Å²) in [5, 5.41) is 0.793. The predicted molar refractivity (Wildman–Crippen MR) is 65.7 cm³/mol. The number of hydrogen-bond acceptors (Lipinski definition) is 3. The van der Waals surface area contributed by atoms with E-state index in [-0.39, 0.29) is 5.82 Å². The Hall–Kier alpha value is -0.0800. The van der Waals surface area contributed by atoms with Crippen molar-refractivity contribution in [1.82, 2.24) is 9.36 Å². The van der Waals surface area contributed by atoms with Gasteiger partial charge in [0.2, 0.25) is 3.83 Å². The highest BCUT2D eigenvalue weighted by molar-refractivity contribution is 14.1. The molecular weight excluding hydrogens is 382 g/mol. The van der Waals surface area contributed by atoms with Gasteiger partial charge in [-0.15, -0.1) is 0 Å². The van der Waals surface area contributed by atoms with Gasteiger partial charge in [-0.3, -0.25) is 0 Å². The second kappa shape index (κ2) is 4.19. The number of nitrogens with zero attached hydrogens (tertiary/aromatic N) is 2. The topological polar surface area (TPSA) is 25.8 Å². The first-order chi connectivity index (χ1) is 6.66. The lowest BCUT2D eigenvalue weighted by Gasteiger charge is -1.98. The van der Waals surface area contributed by atoms with Crippen molar-refractivity contribution in [3.8, 4) is 10.6 Å². The van der Waals surface area contributed by atoms with Gasteiger partial charge in [0.25, 0.3) is 0 Å². The molecule has 0 spiro atoms. The van der Waals surface area contributed by atoms with E-state index < -0.39 is 0 Å². The number of benzene rings is 1. The van der Waals surface area contributed by atoms with Crippen molar-refractivity contribution >= 4 is 50.1 Å². The monoisotopic (exact) mass is 384 g/mol. The van der Waals surface area contributed by atoms with Gasteiger partial charge in [0.15, 0.2) is 0 Å². The zero-order valence-corrected chi connectivity index (χ0v) is 11.2. The number of halogens is 3. The summed E-state index contributed by atoms with van der Waals surface area (Å²) in [6.45, 7) is 0. The van der Waals surface area contributed by atoms with Gasteiger partial charge in [-0.05, 0) is 45.7 Å². The van der Waals surface area contributed by atoms with Crippen molar-refractivity contribution < 1.29 is 4.39 Å². The Labute approximate surface area is 106 Å². The zero-order chi connectivity index (χ0) is 10.1. The van der Waals surface area contributed by atoms with Gasteiger partial charge in [-0.2, -0.15) is 4.37 Å². The van der Waals surface area contributed by atoms with E-state index in [0.717, 1.165) is 10.6 Å². The number of hydrogen-bond donors (Lipinski definition) is 0. The van der Waals surface area contributed by atoms with Crippen LogP contribution in [0, 0.1) is 9.65 Å². The largest absolute Gasteiger partial charge is 0.210 e. The van der Waals surface area contributed by atoms with Gasteiger partial charge in [0.05, 0.1) is 0 Å². The van der Waals surface area contributed by atoms with Crippen molar-refractivity contribution in [2.45, 2.75) is 0 Å². The van der Waals surface area contributed by atoms with Crippen LogP contribution in [0.1, 0.15) is 0 Å². The Kier molecular flexibility index (Phi) is 3.13. The minimum absolute atomic E-state index is 0.264. The molecule has 2 nitrogen and oxygen atoms in total. The Morgan fingerprint density at radius 1 is 1.43 bits per heavy atom. The van der Waals surface area contributed by atoms with E-state index in [0.29, 0.717) is 8.30 Å². The smallest absolute Gasteiger partial charge is 0.203 e. The van der Waals surface area contributed by atoms with Gasteiger partial charge in [-0.25, -0.2) is 9.37 Å². The lowest BCUT2D eigenvalue weighted by atomic mass is 10.2. The fourth-order valence-electron chi connectivity index (χ4n) is 0.978. The van der Waals surface area contributed by atoms with E-state index in [1.54, 1.807) is 6.07 Å². The first kappa shape index (κ1) is 10.4. The van der Waals surface area contributed by atoms with E-state index in [2.05, 4.69) is 25.3 Å². The van der Waals surface area contributed by atoms with E-state index >= 15 is 0 Å². The second-order valence-electron chi connectivity index (χ2n) is 2.49. The van der Waals surface area contributed by atoms with Crippen LogP contribution in [0.3, 0.4) is 0 Å². The van der Waals surface area contributed by atoms with Gasteiger partial charge in [0.1, 0.15) is 10.8 Å². The summed E-state index contributed by atoms with van der Waals surface area (Å²) in [6, 6.07) is 4.52. The van der Waals surface area contributed by atoms with Gasteiger partial charge in [0, 0.05) is 32.6 Å². The van der Waals surface area contributed by atoms with Crippen LogP contribution in [0.5, 0.6) is 0 Å². The minimum atomic E-state index is -0.264. The summed E-state index contributed by atoms with van der Waals surface area (Å²) in [4.78, 5) is 4.21. The van der Waals surface area contributed by atoms with E-state index in [4.69, 9.17) is 0 Å². The summed E-state index contributed by atoms with van der Waals surface area (Å²) < 4.78 is 18.3. The maximum Gasteiger partial charge on any atom is 0.203 e. The summed E-state index contributed by atoms with van der Waals surface area (Å²) in [5.74, 6) is -0.264. The van der Waals surface area contributed by atoms with Crippen LogP contribution < -0.4 is 0 Å². The third-order valence-electron chi connectivity index (χ3n) is 1.56. The fraction of sp³-hybridized carbons (Fsp3) is 0. The first-order valence-electron chi connectivity index (χ1n) is 3.61. The van der Waals surface area contributed by atoms with Gasteiger partial charge in [-0.1, -0.05) is 0 Å². The highest BCUT2D eigenvalue weighted by atomic mass is 127. The lowest BCUT2D eigenvalue weighted by Crippen LogP contribution is -1.81. The van der Waals surface area contributed by atoms with Crippen molar-refractivity contribution in [3.05, 3.63) is 32.3 Å². The van der Waals surface area contributed by atoms with Crippen molar-refractivity contribution in [1.29, 1.82) is 0 Å². The predicted octanol–water partition coefficient (Wildman–Crippen LogP) is 3.71. The molecule has 0 N–H and O–H groups in total. The normalized spacial score (nSPS) is 10.5. The summed E-state index contributed by atoms with van der Waals surface area (Å²) in [7, 11) is 0. The molecule has 2 rings (SSSR count). The number of rotatable bonds is 1.